The van der Waals surface area contributed by atoms with E-state index in [-0.39, 0.29) is 6.73 Å². The van der Waals surface area contributed by atoms with Crippen LogP contribution in [-0.4, -0.2) is 58.1 Å². The number of carboxylic acid groups (broad SMARTS) is 1. The first-order valence-electron chi connectivity index (χ1n) is 6.05. The van der Waals surface area contributed by atoms with Crippen LogP contribution in [0.4, 0.5) is 4.79 Å². The number of hydrogen-bond donors (Lipinski definition) is 3. The van der Waals surface area contributed by atoms with Crippen LogP contribution in [0.3, 0.4) is 0 Å². The molecule has 1 unspecified atom stereocenters. The van der Waals surface area contributed by atoms with Crippen molar-refractivity contribution in [3.8, 4) is 0 Å². The highest BCUT2D eigenvalue weighted by atomic mass is 32.2. The van der Waals surface area contributed by atoms with Gasteiger partial charge in [0.25, 0.3) is 0 Å². The van der Waals surface area contributed by atoms with Crippen molar-refractivity contribution in [2.75, 3.05) is 19.5 Å². The maximum Gasteiger partial charge on any atom is 0.368 e. The fourth-order valence-electron chi connectivity index (χ4n) is 1.23. The van der Waals surface area contributed by atoms with Gasteiger partial charge in [0.2, 0.25) is 0 Å². The first-order chi connectivity index (χ1) is 9.38. The number of carbonyl (C=O) groups excluding carboxylic acids is 1. The molecule has 20 heavy (non-hydrogen) atoms. The standard InChI is InChI=1S/C11H21N3O5S/c1-8(13-7-19-11(17)20-2)14(18)6-4-3-5-9(12)10(15)16/h9,18H,3-7,12H2,1-2H3,(H,15,16)/b13-8+. The molecule has 0 amide bonds. The third-order valence-electron chi connectivity index (χ3n) is 2.47. The minimum Gasteiger partial charge on any atom is -0.480 e. The summed E-state index contributed by atoms with van der Waals surface area (Å²) in [4.78, 5) is 25.2. The Morgan fingerprint density at radius 3 is 2.65 bits per heavy atom. The topological polar surface area (TPSA) is 125 Å². The lowest BCUT2D eigenvalue weighted by atomic mass is 10.1. The zero-order chi connectivity index (χ0) is 15.5. The SMILES string of the molecule is CSC(=O)OC/N=C(\C)N(O)CCCCC(N)C(=O)O. The van der Waals surface area contributed by atoms with Crippen molar-refractivity contribution in [3.05, 3.63) is 0 Å². The summed E-state index contributed by atoms with van der Waals surface area (Å²) in [6.07, 6.45) is 3.11. The van der Waals surface area contributed by atoms with Crippen molar-refractivity contribution in [1.82, 2.24) is 5.06 Å². The maximum atomic E-state index is 10.8. The second-order valence-corrected chi connectivity index (χ2v) is 4.74. The van der Waals surface area contributed by atoms with E-state index in [9.17, 15) is 14.8 Å². The van der Waals surface area contributed by atoms with Crippen molar-refractivity contribution in [3.63, 3.8) is 0 Å². The fraction of sp³-hybridized carbons (Fsp3) is 0.727. The molecule has 4 N–H and O–H groups in total. The van der Waals surface area contributed by atoms with Gasteiger partial charge in [0.05, 0.1) is 0 Å². The highest BCUT2D eigenvalue weighted by molar-refractivity contribution is 8.12. The number of hydroxylamine groups is 2. The second-order valence-electron chi connectivity index (χ2n) is 4.00. The van der Waals surface area contributed by atoms with Crippen LogP contribution in [0, 0.1) is 0 Å². The van der Waals surface area contributed by atoms with Crippen molar-refractivity contribution in [1.29, 1.82) is 0 Å². The number of nitrogens with zero attached hydrogens (tertiary/aromatic N) is 2. The van der Waals surface area contributed by atoms with E-state index in [1.807, 2.05) is 0 Å². The van der Waals surface area contributed by atoms with Crippen LogP contribution in [0.5, 0.6) is 0 Å². The smallest absolute Gasteiger partial charge is 0.368 e. The summed E-state index contributed by atoms with van der Waals surface area (Å²) in [6, 6.07) is -0.872. The third-order valence-corrected chi connectivity index (χ3v) is 2.92. The minimum atomic E-state index is -1.03. The molecule has 0 aliphatic carbocycles. The van der Waals surface area contributed by atoms with Crippen LogP contribution in [-0.2, 0) is 9.53 Å². The average Bonchev–Trinajstić information content (AvgIpc) is 2.42. The number of unbranched alkanes of at least 4 members (excludes halogenated alkanes) is 1. The molecule has 0 aromatic carbocycles. The highest BCUT2D eigenvalue weighted by Crippen LogP contribution is 2.02. The zero-order valence-corrected chi connectivity index (χ0v) is 12.4. The Morgan fingerprint density at radius 1 is 1.45 bits per heavy atom. The van der Waals surface area contributed by atoms with Gasteiger partial charge in [-0.3, -0.25) is 10.0 Å². The van der Waals surface area contributed by atoms with E-state index >= 15 is 0 Å². The Labute approximate surface area is 121 Å². The van der Waals surface area contributed by atoms with Gasteiger partial charge in [-0.25, -0.2) is 14.9 Å². The molecule has 9 heteroatoms. The zero-order valence-electron chi connectivity index (χ0n) is 11.6. The van der Waals surface area contributed by atoms with Gasteiger partial charge >= 0.3 is 11.3 Å². The molecule has 0 saturated heterocycles. The van der Waals surface area contributed by atoms with Crippen molar-refractivity contribution in [2.45, 2.75) is 32.2 Å². The minimum absolute atomic E-state index is 0.146. The Hall–Kier alpha value is -1.32. The number of aliphatic imine (C=N–C) groups is 1. The number of rotatable bonds is 8. The van der Waals surface area contributed by atoms with Crippen molar-refractivity contribution >= 4 is 28.9 Å². The molecule has 1 atom stereocenters. The van der Waals surface area contributed by atoms with Gasteiger partial charge in [-0.15, -0.1) is 0 Å². The lowest BCUT2D eigenvalue weighted by Gasteiger charge is -2.16. The van der Waals surface area contributed by atoms with E-state index in [1.165, 1.54) is 0 Å². The summed E-state index contributed by atoms with van der Waals surface area (Å²) in [5, 5.41) is 18.7. The predicted octanol–water partition coefficient (Wildman–Crippen LogP) is 1.14. The summed E-state index contributed by atoms with van der Waals surface area (Å²) < 4.78 is 4.71. The van der Waals surface area contributed by atoms with E-state index < -0.39 is 17.3 Å². The average molecular weight is 307 g/mol. The molecule has 0 fully saturated rings. The van der Waals surface area contributed by atoms with Crippen molar-refractivity contribution in [2.24, 2.45) is 10.7 Å². The van der Waals surface area contributed by atoms with E-state index in [4.69, 9.17) is 15.6 Å². The monoisotopic (exact) mass is 307 g/mol. The summed E-state index contributed by atoms with van der Waals surface area (Å²) in [7, 11) is 0. The molecule has 0 aliphatic rings. The molecule has 0 radical (unpaired) electrons. The number of thioether (sulfide) groups is 1. The van der Waals surface area contributed by atoms with Crippen LogP contribution in [0.2, 0.25) is 0 Å². The summed E-state index contributed by atoms with van der Waals surface area (Å²) in [5.41, 5.74) is 5.35. The summed E-state index contributed by atoms with van der Waals surface area (Å²) in [5.74, 6) is -0.708. The first kappa shape index (κ1) is 18.7. The van der Waals surface area contributed by atoms with Crippen LogP contribution < -0.4 is 5.73 Å². The molecular weight excluding hydrogens is 286 g/mol. The molecule has 0 spiro atoms. The number of hydrogen-bond acceptors (Lipinski definition) is 7. The van der Waals surface area contributed by atoms with Gasteiger partial charge in [-0.1, -0.05) is 0 Å². The van der Waals surface area contributed by atoms with Crippen molar-refractivity contribution < 1.29 is 24.6 Å². The normalized spacial score (nSPS) is 12.9. The van der Waals surface area contributed by atoms with Crippen LogP contribution >= 0.6 is 11.8 Å². The quantitative estimate of drug-likeness (QED) is 0.200. The third kappa shape index (κ3) is 8.73. The van der Waals surface area contributed by atoms with E-state index in [1.54, 1.807) is 13.2 Å². The number of aliphatic carboxylic acids is 1. The van der Waals surface area contributed by atoms with Crippen LogP contribution in [0.15, 0.2) is 4.99 Å². The number of ether oxygens (including phenoxy) is 1. The molecule has 0 aromatic rings. The molecule has 0 aliphatic heterocycles. The highest BCUT2D eigenvalue weighted by Gasteiger charge is 2.11. The Bertz CT molecular complexity index is 351. The van der Waals surface area contributed by atoms with Crippen LogP contribution in [0.1, 0.15) is 26.2 Å². The largest absolute Gasteiger partial charge is 0.480 e. The van der Waals surface area contributed by atoms with E-state index in [2.05, 4.69) is 4.99 Å². The molecule has 0 heterocycles. The summed E-state index contributed by atoms with van der Waals surface area (Å²) >= 11 is 0.940. The van der Waals surface area contributed by atoms with E-state index in [0.717, 1.165) is 16.8 Å². The first-order valence-corrected chi connectivity index (χ1v) is 7.27. The van der Waals surface area contributed by atoms with E-state index in [0.29, 0.717) is 31.6 Å². The fourth-order valence-corrected chi connectivity index (χ4v) is 1.40. The van der Waals surface area contributed by atoms with Gasteiger partial charge in [0.15, 0.2) is 6.73 Å². The number of carbonyl (C=O) groups is 2. The lowest BCUT2D eigenvalue weighted by molar-refractivity contribution is -0.138. The Morgan fingerprint density at radius 2 is 2.10 bits per heavy atom. The van der Waals surface area contributed by atoms with Gasteiger partial charge in [-0.2, -0.15) is 0 Å². The predicted molar refractivity (Wildman–Crippen MR) is 75.9 cm³/mol. The lowest BCUT2D eigenvalue weighted by Crippen LogP contribution is -2.30. The Balaban J connectivity index is 3.84. The number of nitrogens with two attached hydrogens (primary N) is 1. The Kier molecular flexibility index (Phi) is 9.77. The maximum absolute atomic E-state index is 10.8. The number of amidine groups is 1. The second kappa shape index (κ2) is 10.5. The van der Waals surface area contributed by atoms with Crippen LogP contribution in [0.25, 0.3) is 0 Å². The van der Waals surface area contributed by atoms with Gasteiger partial charge < -0.3 is 15.6 Å². The van der Waals surface area contributed by atoms with Gasteiger partial charge in [0, 0.05) is 6.54 Å². The molecule has 116 valence electrons. The molecule has 0 rings (SSSR count). The molecule has 8 nitrogen and oxygen atoms in total. The van der Waals surface area contributed by atoms with Gasteiger partial charge in [-0.05, 0) is 44.2 Å². The summed E-state index contributed by atoms with van der Waals surface area (Å²) in [6.45, 7) is 1.74. The number of carboxylic acids is 1. The molecule has 0 aromatic heterocycles. The molecule has 0 saturated carbocycles. The van der Waals surface area contributed by atoms with Gasteiger partial charge in [0.1, 0.15) is 11.9 Å². The molecule has 0 bridgehead atoms. The molecular formula is C11H21N3O5S.